The monoisotopic (exact) mass is 195 g/mol. The minimum absolute atomic E-state index is 0.104. The van der Waals surface area contributed by atoms with Crippen molar-refractivity contribution in [1.82, 2.24) is 0 Å². The maximum atomic E-state index is 10.4. The van der Waals surface area contributed by atoms with Gasteiger partial charge in [0.1, 0.15) is 0 Å². The first-order valence-corrected chi connectivity index (χ1v) is 4.86. The molecule has 0 spiro atoms. The molecule has 0 saturated heterocycles. The van der Waals surface area contributed by atoms with Gasteiger partial charge in [-0.25, -0.2) is 0 Å². The van der Waals surface area contributed by atoms with E-state index in [-0.39, 0.29) is 5.69 Å². The number of hydrogen-bond donors (Lipinski definition) is 0. The Hall–Kier alpha value is -1.29. The largest absolute Gasteiger partial charge is 0.270 e. The van der Waals surface area contributed by atoms with Gasteiger partial charge in [0.2, 0.25) is 0 Å². The molecule has 0 atom stereocenters. The summed E-state index contributed by atoms with van der Waals surface area (Å²) in [5.74, 6) is 0. The lowest BCUT2D eigenvalue weighted by Gasteiger charge is -2.01. The highest BCUT2D eigenvalue weighted by molar-refractivity contribution is 7.98. The van der Waals surface area contributed by atoms with Crippen molar-refractivity contribution < 1.29 is 4.92 Å². The van der Waals surface area contributed by atoms with Crippen LogP contribution in [-0.2, 0) is 0 Å². The molecular weight excluding hydrogens is 186 g/mol. The minimum atomic E-state index is -0.406. The van der Waals surface area contributed by atoms with Crippen molar-refractivity contribution in [2.45, 2.75) is 4.90 Å². The number of nitro groups is 1. The summed E-state index contributed by atoms with van der Waals surface area (Å²) < 4.78 is 0. The molecule has 0 aliphatic carbocycles. The van der Waals surface area contributed by atoms with Gasteiger partial charge in [0.05, 0.1) is 4.92 Å². The van der Waals surface area contributed by atoms with E-state index in [2.05, 4.69) is 6.58 Å². The summed E-state index contributed by atoms with van der Waals surface area (Å²) in [7, 11) is 0. The van der Waals surface area contributed by atoms with Crippen molar-refractivity contribution in [2.24, 2.45) is 0 Å². The Morgan fingerprint density at radius 1 is 1.62 bits per heavy atom. The van der Waals surface area contributed by atoms with Crippen LogP contribution in [0.2, 0.25) is 0 Å². The lowest BCUT2D eigenvalue weighted by Crippen LogP contribution is -1.89. The van der Waals surface area contributed by atoms with Gasteiger partial charge < -0.3 is 0 Å². The lowest BCUT2D eigenvalue weighted by atomic mass is 10.2. The molecule has 0 radical (unpaired) electrons. The second kappa shape index (κ2) is 4.09. The number of thioether (sulfide) groups is 1. The van der Waals surface area contributed by atoms with E-state index in [1.165, 1.54) is 12.1 Å². The van der Waals surface area contributed by atoms with Crippen molar-refractivity contribution in [1.29, 1.82) is 0 Å². The SMILES string of the molecule is C=Cc1cc([N+](=O)[O-])ccc1SC. The normalized spacial score (nSPS) is 9.62. The van der Waals surface area contributed by atoms with E-state index in [0.29, 0.717) is 0 Å². The van der Waals surface area contributed by atoms with Gasteiger partial charge in [0, 0.05) is 17.0 Å². The molecule has 0 N–H and O–H groups in total. The maximum absolute atomic E-state index is 10.4. The molecule has 0 aliphatic rings. The topological polar surface area (TPSA) is 43.1 Å². The second-order valence-electron chi connectivity index (χ2n) is 2.39. The minimum Gasteiger partial charge on any atom is -0.258 e. The van der Waals surface area contributed by atoms with Crippen molar-refractivity contribution in [3.8, 4) is 0 Å². The van der Waals surface area contributed by atoms with Crippen molar-refractivity contribution in [2.75, 3.05) is 6.26 Å². The zero-order chi connectivity index (χ0) is 9.84. The van der Waals surface area contributed by atoms with Crippen LogP contribution < -0.4 is 0 Å². The standard InChI is InChI=1S/C9H9NO2S/c1-3-7-6-8(10(11)12)4-5-9(7)13-2/h3-6H,1H2,2H3. The Bertz CT molecular complexity index is 349. The van der Waals surface area contributed by atoms with Crippen LogP contribution in [0, 0.1) is 10.1 Å². The summed E-state index contributed by atoms with van der Waals surface area (Å²) in [6.07, 6.45) is 3.55. The van der Waals surface area contributed by atoms with E-state index in [9.17, 15) is 10.1 Å². The summed E-state index contributed by atoms with van der Waals surface area (Å²) in [4.78, 5) is 11.0. The molecule has 0 amide bonds. The van der Waals surface area contributed by atoms with Gasteiger partial charge in [-0.3, -0.25) is 10.1 Å². The van der Waals surface area contributed by atoms with Gasteiger partial charge in [0.15, 0.2) is 0 Å². The molecule has 1 aromatic rings. The van der Waals surface area contributed by atoms with Crippen molar-refractivity contribution in [3.05, 3.63) is 40.5 Å². The molecule has 0 aromatic heterocycles. The zero-order valence-corrected chi connectivity index (χ0v) is 8.00. The third-order valence-corrected chi connectivity index (χ3v) is 2.46. The first-order chi connectivity index (χ1) is 6.19. The average Bonchev–Trinajstić information content (AvgIpc) is 2.16. The highest BCUT2D eigenvalue weighted by Gasteiger charge is 2.07. The van der Waals surface area contributed by atoms with Gasteiger partial charge in [-0.2, -0.15) is 0 Å². The number of hydrogen-bond acceptors (Lipinski definition) is 3. The smallest absolute Gasteiger partial charge is 0.258 e. The maximum Gasteiger partial charge on any atom is 0.270 e. The van der Waals surface area contributed by atoms with E-state index in [1.54, 1.807) is 23.9 Å². The van der Waals surface area contributed by atoms with Crippen LogP contribution >= 0.6 is 11.8 Å². The molecule has 13 heavy (non-hydrogen) atoms. The Labute approximate surface area is 80.6 Å². The molecule has 0 saturated carbocycles. The predicted octanol–water partition coefficient (Wildman–Crippen LogP) is 2.96. The number of nitrogens with zero attached hydrogens (tertiary/aromatic N) is 1. The van der Waals surface area contributed by atoms with Crippen LogP contribution in [0.25, 0.3) is 6.08 Å². The van der Waals surface area contributed by atoms with Crippen molar-refractivity contribution >= 4 is 23.5 Å². The molecule has 1 aromatic carbocycles. The lowest BCUT2D eigenvalue weighted by molar-refractivity contribution is -0.384. The summed E-state index contributed by atoms with van der Waals surface area (Å²) in [6.45, 7) is 3.60. The molecule has 4 heteroatoms. The number of benzene rings is 1. The molecule has 3 nitrogen and oxygen atoms in total. The summed E-state index contributed by atoms with van der Waals surface area (Å²) in [6, 6.07) is 4.76. The second-order valence-corrected chi connectivity index (χ2v) is 3.24. The fourth-order valence-corrected chi connectivity index (χ4v) is 1.58. The molecule has 0 bridgehead atoms. The van der Waals surface area contributed by atoms with Crippen molar-refractivity contribution in [3.63, 3.8) is 0 Å². The number of non-ortho nitro benzene ring substituents is 1. The number of rotatable bonds is 3. The molecule has 0 fully saturated rings. The first kappa shape index (κ1) is 9.80. The predicted molar refractivity (Wildman–Crippen MR) is 55.0 cm³/mol. The van der Waals surface area contributed by atoms with Gasteiger partial charge in [0.25, 0.3) is 5.69 Å². The molecule has 1 rings (SSSR count). The molecule has 68 valence electrons. The Morgan fingerprint density at radius 3 is 2.77 bits per heavy atom. The van der Waals surface area contributed by atoms with E-state index >= 15 is 0 Å². The van der Waals surface area contributed by atoms with Gasteiger partial charge in [-0.05, 0) is 17.9 Å². The Morgan fingerprint density at radius 2 is 2.31 bits per heavy atom. The first-order valence-electron chi connectivity index (χ1n) is 3.64. The fourth-order valence-electron chi connectivity index (χ4n) is 0.995. The van der Waals surface area contributed by atoms with E-state index in [4.69, 9.17) is 0 Å². The van der Waals surface area contributed by atoms with Gasteiger partial charge in [-0.15, -0.1) is 11.8 Å². The van der Waals surface area contributed by atoms with E-state index in [1.807, 2.05) is 6.26 Å². The van der Waals surface area contributed by atoms with Crippen LogP contribution in [0.5, 0.6) is 0 Å². The molecular formula is C9H9NO2S. The highest BCUT2D eigenvalue weighted by atomic mass is 32.2. The Balaban J connectivity index is 3.20. The zero-order valence-electron chi connectivity index (χ0n) is 7.19. The van der Waals surface area contributed by atoms with Crippen LogP contribution in [0.1, 0.15) is 5.56 Å². The average molecular weight is 195 g/mol. The summed E-state index contributed by atoms with van der Waals surface area (Å²) in [5, 5.41) is 10.4. The third-order valence-electron chi connectivity index (χ3n) is 1.64. The van der Waals surface area contributed by atoms with Gasteiger partial charge >= 0.3 is 0 Å². The van der Waals surface area contributed by atoms with Crippen LogP contribution in [0.15, 0.2) is 29.7 Å². The third kappa shape index (κ3) is 2.09. The fraction of sp³-hybridized carbons (Fsp3) is 0.111. The summed E-state index contributed by atoms with van der Waals surface area (Å²) in [5.41, 5.74) is 0.911. The molecule has 0 heterocycles. The van der Waals surface area contributed by atoms with Crippen LogP contribution in [0.3, 0.4) is 0 Å². The summed E-state index contributed by atoms with van der Waals surface area (Å²) >= 11 is 1.55. The number of nitro benzene ring substituents is 1. The highest BCUT2D eigenvalue weighted by Crippen LogP contribution is 2.25. The van der Waals surface area contributed by atoms with E-state index in [0.717, 1.165) is 10.5 Å². The van der Waals surface area contributed by atoms with E-state index < -0.39 is 4.92 Å². The van der Waals surface area contributed by atoms with Crippen LogP contribution in [0.4, 0.5) is 5.69 Å². The van der Waals surface area contributed by atoms with Crippen LogP contribution in [-0.4, -0.2) is 11.2 Å². The quantitative estimate of drug-likeness (QED) is 0.423. The van der Waals surface area contributed by atoms with Gasteiger partial charge in [-0.1, -0.05) is 12.7 Å². The molecule has 0 unspecified atom stereocenters. The molecule has 0 aliphatic heterocycles. The Kier molecular flexibility index (Phi) is 3.08.